The Morgan fingerprint density at radius 2 is 2.00 bits per heavy atom. The normalized spacial score (nSPS) is 9.17. The van der Waals surface area contributed by atoms with E-state index in [0.29, 0.717) is 0 Å². The lowest BCUT2D eigenvalue weighted by molar-refractivity contribution is 0.615. The van der Waals surface area contributed by atoms with Crippen molar-refractivity contribution in [1.82, 2.24) is 5.32 Å². The molecule has 0 unspecified atom stereocenters. The van der Waals surface area contributed by atoms with E-state index in [1.165, 1.54) is 0 Å². The van der Waals surface area contributed by atoms with Crippen LogP contribution in [0.2, 0.25) is 0 Å². The summed E-state index contributed by atoms with van der Waals surface area (Å²) in [5, 5.41) is 11.6. The minimum atomic E-state index is 0.794. The number of hydrogen-bond donors (Lipinski definition) is 2. The lowest BCUT2D eigenvalue weighted by atomic mass is 9.88. The summed E-state index contributed by atoms with van der Waals surface area (Å²) in [5.41, 5.74) is 2.70. The minimum absolute atomic E-state index is 0.794. The van der Waals surface area contributed by atoms with Crippen LogP contribution in [0.25, 0.3) is 5.70 Å². The van der Waals surface area contributed by atoms with Gasteiger partial charge in [-0.15, -0.1) is 0 Å². The summed E-state index contributed by atoms with van der Waals surface area (Å²) in [6, 6.07) is 7.47. The molecule has 0 bridgehead atoms. The third-order valence-corrected chi connectivity index (χ3v) is 1.71. The van der Waals surface area contributed by atoms with E-state index in [1.54, 1.807) is 0 Å². The molecule has 0 fully saturated rings. The Morgan fingerprint density at radius 3 is 2.42 bits per heavy atom. The second kappa shape index (κ2) is 3.97. The van der Waals surface area contributed by atoms with E-state index < -0.39 is 0 Å². The van der Waals surface area contributed by atoms with Gasteiger partial charge in [0.2, 0.25) is 0 Å². The molecule has 0 atom stereocenters. The molecule has 1 aromatic carbocycles. The van der Waals surface area contributed by atoms with Crippen molar-refractivity contribution in [1.29, 1.82) is 0 Å². The Hall–Kier alpha value is -1.22. The van der Waals surface area contributed by atoms with Gasteiger partial charge in [-0.1, -0.05) is 36.3 Å². The van der Waals surface area contributed by atoms with Crippen molar-refractivity contribution < 1.29 is 5.02 Å². The smallest absolute Gasteiger partial charge is 0.326 e. The van der Waals surface area contributed by atoms with Gasteiger partial charge in [0.05, 0.1) is 0 Å². The van der Waals surface area contributed by atoms with Crippen LogP contribution in [0.15, 0.2) is 30.8 Å². The van der Waals surface area contributed by atoms with E-state index in [0.717, 1.165) is 24.2 Å². The van der Waals surface area contributed by atoms with Gasteiger partial charge in [-0.25, -0.2) is 0 Å². The molecule has 12 heavy (non-hydrogen) atoms. The van der Waals surface area contributed by atoms with Crippen molar-refractivity contribution in [2.24, 2.45) is 0 Å². The van der Waals surface area contributed by atoms with Gasteiger partial charge in [0.25, 0.3) is 0 Å². The summed E-state index contributed by atoms with van der Waals surface area (Å²) in [6.07, 6.45) is 0. The molecular formula is C9H11BNO. The molecular weight excluding hydrogens is 149 g/mol. The van der Waals surface area contributed by atoms with Gasteiger partial charge in [-0.2, -0.15) is 0 Å². The third kappa shape index (κ3) is 1.89. The highest BCUT2D eigenvalue weighted by molar-refractivity contribution is 6.45. The number of rotatable bonds is 3. The zero-order valence-electron chi connectivity index (χ0n) is 7.04. The van der Waals surface area contributed by atoms with Crippen LogP contribution in [0.3, 0.4) is 0 Å². The lowest BCUT2D eigenvalue weighted by Gasteiger charge is -2.04. The van der Waals surface area contributed by atoms with Crippen LogP contribution in [0.5, 0.6) is 0 Å². The predicted molar refractivity (Wildman–Crippen MR) is 52.1 cm³/mol. The zero-order chi connectivity index (χ0) is 8.97. The second-order valence-corrected chi connectivity index (χ2v) is 2.48. The standard InChI is InChI=1S/C9H11BNO/c1-7(11-2)8-3-5-9(10-12)6-4-8/h3-6,11-12H,1H2,2H3. The first-order valence-electron chi connectivity index (χ1n) is 3.72. The van der Waals surface area contributed by atoms with Crippen LogP contribution in [-0.4, -0.2) is 19.6 Å². The quantitative estimate of drug-likeness (QED) is 0.615. The Labute approximate surface area is 73.2 Å². The monoisotopic (exact) mass is 160 g/mol. The molecule has 0 aliphatic carbocycles. The van der Waals surface area contributed by atoms with Crippen molar-refractivity contribution in [3.8, 4) is 0 Å². The summed E-state index contributed by atoms with van der Waals surface area (Å²) in [6.45, 7) is 3.82. The van der Waals surface area contributed by atoms with E-state index in [9.17, 15) is 0 Å². The molecule has 61 valence electrons. The summed E-state index contributed by atoms with van der Waals surface area (Å²) < 4.78 is 0. The molecule has 3 heteroatoms. The highest BCUT2D eigenvalue weighted by atomic mass is 16.2. The Balaban J connectivity index is 2.84. The molecule has 1 radical (unpaired) electrons. The molecule has 0 saturated heterocycles. The van der Waals surface area contributed by atoms with Crippen molar-refractivity contribution in [3.05, 3.63) is 36.4 Å². The van der Waals surface area contributed by atoms with Gasteiger partial charge in [0.1, 0.15) is 0 Å². The van der Waals surface area contributed by atoms with Gasteiger partial charge >= 0.3 is 7.48 Å². The average Bonchev–Trinajstić information content (AvgIpc) is 2.17. The maximum Gasteiger partial charge on any atom is 0.326 e. The summed E-state index contributed by atoms with van der Waals surface area (Å²) >= 11 is 0. The molecule has 0 spiro atoms. The number of nitrogens with one attached hydrogen (secondary N) is 1. The Kier molecular flexibility index (Phi) is 2.94. The van der Waals surface area contributed by atoms with E-state index >= 15 is 0 Å². The van der Waals surface area contributed by atoms with Crippen LogP contribution >= 0.6 is 0 Å². The van der Waals surface area contributed by atoms with Crippen molar-refractivity contribution >= 4 is 18.6 Å². The first-order chi connectivity index (χ1) is 5.77. The molecule has 1 aromatic rings. The first-order valence-corrected chi connectivity index (χ1v) is 3.72. The van der Waals surface area contributed by atoms with Crippen LogP contribution < -0.4 is 10.8 Å². The molecule has 0 aliphatic heterocycles. The number of benzene rings is 1. The lowest BCUT2D eigenvalue weighted by Crippen LogP contribution is -2.13. The van der Waals surface area contributed by atoms with Crippen molar-refractivity contribution in [3.63, 3.8) is 0 Å². The van der Waals surface area contributed by atoms with Gasteiger partial charge in [0.15, 0.2) is 0 Å². The summed E-state index contributed by atoms with van der Waals surface area (Å²) in [4.78, 5) is 0. The molecule has 0 heterocycles. The molecule has 0 aliphatic rings. The molecule has 1 rings (SSSR count). The van der Waals surface area contributed by atoms with E-state index in [4.69, 9.17) is 5.02 Å². The van der Waals surface area contributed by atoms with Gasteiger partial charge in [0, 0.05) is 12.7 Å². The van der Waals surface area contributed by atoms with Gasteiger partial charge in [-0.05, 0) is 5.56 Å². The van der Waals surface area contributed by atoms with Gasteiger partial charge < -0.3 is 10.3 Å². The molecule has 0 amide bonds. The van der Waals surface area contributed by atoms with Gasteiger partial charge in [-0.3, -0.25) is 0 Å². The molecule has 0 aromatic heterocycles. The second-order valence-electron chi connectivity index (χ2n) is 2.48. The maximum atomic E-state index is 8.66. The Bertz CT molecular complexity index is 268. The SMILES string of the molecule is C=C(NC)c1ccc([B]O)cc1. The maximum absolute atomic E-state index is 8.66. The van der Waals surface area contributed by atoms with Crippen molar-refractivity contribution in [2.75, 3.05) is 7.05 Å². The predicted octanol–water partition coefficient (Wildman–Crippen LogP) is 0.113. The zero-order valence-corrected chi connectivity index (χ0v) is 7.04. The van der Waals surface area contributed by atoms with E-state index in [-0.39, 0.29) is 0 Å². The first kappa shape index (κ1) is 8.88. The summed E-state index contributed by atoms with van der Waals surface area (Å²) in [7, 11) is 2.90. The van der Waals surface area contributed by atoms with E-state index in [2.05, 4.69) is 11.9 Å². The Morgan fingerprint density at radius 1 is 1.42 bits per heavy atom. The largest absolute Gasteiger partial charge is 0.450 e. The topological polar surface area (TPSA) is 32.3 Å². The molecule has 2 N–H and O–H groups in total. The summed E-state index contributed by atoms with van der Waals surface area (Å²) in [5.74, 6) is 0. The number of hydrogen-bond acceptors (Lipinski definition) is 2. The van der Waals surface area contributed by atoms with Crippen LogP contribution in [-0.2, 0) is 0 Å². The highest BCUT2D eigenvalue weighted by Crippen LogP contribution is 2.05. The van der Waals surface area contributed by atoms with Crippen LogP contribution in [0.4, 0.5) is 0 Å². The van der Waals surface area contributed by atoms with E-state index in [1.807, 2.05) is 31.3 Å². The van der Waals surface area contributed by atoms with Crippen molar-refractivity contribution in [2.45, 2.75) is 0 Å². The third-order valence-electron chi connectivity index (χ3n) is 1.71. The van der Waals surface area contributed by atoms with Crippen LogP contribution in [0, 0.1) is 0 Å². The highest BCUT2D eigenvalue weighted by Gasteiger charge is 1.96. The fourth-order valence-corrected chi connectivity index (χ4v) is 0.915. The molecule has 2 nitrogen and oxygen atoms in total. The fourth-order valence-electron chi connectivity index (χ4n) is 0.915. The fraction of sp³-hybridized carbons (Fsp3) is 0.111. The average molecular weight is 160 g/mol. The molecule has 0 saturated carbocycles. The minimum Gasteiger partial charge on any atom is -0.450 e. The van der Waals surface area contributed by atoms with Crippen LogP contribution in [0.1, 0.15) is 5.56 Å².